The van der Waals surface area contributed by atoms with Crippen LogP contribution in [0.3, 0.4) is 0 Å². The zero-order valence-corrected chi connectivity index (χ0v) is 14.7. The summed E-state index contributed by atoms with van der Waals surface area (Å²) in [5, 5.41) is 22.4. The molecule has 0 aromatic carbocycles. The highest BCUT2D eigenvalue weighted by Gasteiger charge is 2.41. The Balaban J connectivity index is 1.56. The second-order valence-corrected chi connectivity index (χ2v) is 6.65. The number of nitrogens with zero attached hydrogens (tertiary/aromatic N) is 7. The summed E-state index contributed by atoms with van der Waals surface area (Å²) >= 11 is 0. The molecule has 2 aliphatic rings. The van der Waals surface area contributed by atoms with Gasteiger partial charge in [0, 0.05) is 25.8 Å². The third-order valence-corrected chi connectivity index (χ3v) is 5.04. The number of carbonyl (C=O) groups is 1. The van der Waals surface area contributed by atoms with Gasteiger partial charge in [-0.1, -0.05) is 6.07 Å². The molecule has 0 unspecified atom stereocenters. The molecule has 2 aromatic heterocycles. The van der Waals surface area contributed by atoms with E-state index in [1.165, 1.54) is 10.9 Å². The minimum absolute atomic E-state index is 0.0153. The molecular formula is C18H17N7O2. The van der Waals surface area contributed by atoms with Crippen molar-refractivity contribution in [3.63, 3.8) is 0 Å². The van der Waals surface area contributed by atoms with Gasteiger partial charge in [0.2, 0.25) is 0 Å². The SMILES string of the molecule is COC[C@@H]1C[C@@H](N2Cc3ccc(-n4cc(C#N)cn4)nc3C2=O)CN1C#N. The first-order valence-corrected chi connectivity index (χ1v) is 8.56. The lowest BCUT2D eigenvalue weighted by Gasteiger charge is -2.22. The van der Waals surface area contributed by atoms with Gasteiger partial charge in [-0.25, -0.2) is 9.67 Å². The molecule has 9 heteroatoms. The Kier molecular flexibility index (Phi) is 4.22. The second-order valence-electron chi connectivity index (χ2n) is 6.65. The fourth-order valence-corrected chi connectivity index (χ4v) is 3.70. The molecule has 2 atom stereocenters. The number of hydrogen-bond donors (Lipinski definition) is 0. The molecule has 2 aromatic rings. The van der Waals surface area contributed by atoms with Crippen molar-refractivity contribution in [3.8, 4) is 18.1 Å². The lowest BCUT2D eigenvalue weighted by atomic mass is 10.1. The number of rotatable bonds is 4. The van der Waals surface area contributed by atoms with E-state index < -0.39 is 0 Å². The first kappa shape index (κ1) is 17.0. The Morgan fingerprint density at radius 1 is 1.37 bits per heavy atom. The molecule has 0 bridgehead atoms. The fourth-order valence-electron chi connectivity index (χ4n) is 3.70. The van der Waals surface area contributed by atoms with E-state index in [2.05, 4.69) is 16.3 Å². The first-order valence-electron chi connectivity index (χ1n) is 8.56. The van der Waals surface area contributed by atoms with Gasteiger partial charge in [0.1, 0.15) is 11.8 Å². The van der Waals surface area contributed by atoms with Crippen LogP contribution in [0.15, 0.2) is 24.5 Å². The van der Waals surface area contributed by atoms with Crippen molar-refractivity contribution in [3.05, 3.63) is 41.3 Å². The number of aromatic nitrogens is 3. The lowest BCUT2D eigenvalue weighted by Crippen LogP contribution is -2.37. The minimum atomic E-state index is -0.138. The molecular weight excluding hydrogens is 346 g/mol. The lowest BCUT2D eigenvalue weighted by molar-refractivity contribution is 0.0705. The summed E-state index contributed by atoms with van der Waals surface area (Å²) in [7, 11) is 1.61. The molecule has 2 aliphatic heterocycles. The molecule has 1 saturated heterocycles. The Morgan fingerprint density at radius 2 is 2.22 bits per heavy atom. The number of methoxy groups -OCH3 is 1. The van der Waals surface area contributed by atoms with Crippen LogP contribution in [-0.2, 0) is 11.3 Å². The summed E-state index contributed by atoms with van der Waals surface area (Å²) in [6, 6.07) is 5.61. The summed E-state index contributed by atoms with van der Waals surface area (Å²) in [6.07, 6.45) is 5.91. The van der Waals surface area contributed by atoms with Crippen molar-refractivity contribution >= 4 is 5.91 Å². The van der Waals surface area contributed by atoms with E-state index in [-0.39, 0.29) is 18.0 Å². The van der Waals surface area contributed by atoms with Gasteiger partial charge in [-0.2, -0.15) is 15.6 Å². The van der Waals surface area contributed by atoms with Crippen LogP contribution in [0.4, 0.5) is 0 Å². The van der Waals surface area contributed by atoms with Gasteiger partial charge in [0.25, 0.3) is 5.91 Å². The number of pyridine rings is 1. The fraction of sp³-hybridized carbons (Fsp3) is 0.389. The van der Waals surface area contributed by atoms with Crippen molar-refractivity contribution in [1.29, 1.82) is 10.5 Å². The van der Waals surface area contributed by atoms with E-state index in [0.29, 0.717) is 43.2 Å². The predicted molar refractivity (Wildman–Crippen MR) is 92.3 cm³/mol. The predicted octanol–water partition coefficient (Wildman–Crippen LogP) is 0.665. The van der Waals surface area contributed by atoms with Crippen LogP contribution >= 0.6 is 0 Å². The standard InChI is InChI=1S/C18H17N7O2/c1-27-10-15-4-14(9-23(15)11-20)24-8-13-2-3-16(22-17(13)18(24)26)25-7-12(5-19)6-21-25/h2-3,6-7,14-15H,4,8-10H2,1H3/t14-,15+/m1/s1. The Labute approximate surface area is 156 Å². The quantitative estimate of drug-likeness (QED) is 0.734. The molecule has 136 valence electrons. The highest BCUT2D eigenvalue weighted by Crippen LogP contribution is 2.30. The summed E-state index contributed by atoms with van der Waals surface area (Å²) < 4.78 is 6.67. The average molecular weight is 363 g/mol. The Hall–Kier alpha value is -3.43. The molecule has 9 nitrogen and oxygen atoms in total. The first-order chi connectivity index (χ1) is 13.1. The van der Waals surface area contributed by atoms with E-state index in [9.17, 15) is 10.1 Å². The largest absolute Gasteiger partial charge is 0.383 e. The molecule has 0 aliphatic carbocycles. The number of fused-ring (bicyclic) bond motifs is 1. The molecule has 0 spiro atoms. The van der Waals surface area contributed by atoms with Gasteiger partial charge in [0.15, 0.2) is 12.0 Å². The molecule has 1 amide bonds. The molecule has 1 fully saturated rings. The zero-order chi connectivity index (χ0) is 19.0. The number of carbonyl (C=O) groups excluding carboxylic acids is 1. The van der Waals surface area contributed by atoms with Crippen LogP contribution in [0.5, 0.6) is 0 Å². The third-order valence-electron chi connectivity index (χ3n) is 5.04. The number of hydrogen-bond acceptors (Lipinski definition) is 7. The topological polar surface area (TPSA) is 111 Å². The minimum Gasteiger partial charge on any atom is -0.383 e. The zero-order valence-electron chi connectivity index (χ0n) is 14.7. The second kappa shape index (κ2) is 6.71. The van der Waals surface area contributed by atoms with Crippen LogP contribution in [-0.4, -0.2) is 62.8 Å². The van der Waals surface area contributed by atoms with Crippen molar-refractivity contribution in [2.45, 2.75) is 25.0 Å². The molecule has 27 heavy (non-hydrogen) atoms. The van der Waals surface area contributed by atoms with Crippen LogP contribution in [0.1, 0.15) is 28.0 Å². The van der Waals surface area contributed by atoms with Gasteiger partial charge in [-0.15, -0.1) is 0 Å². The number of ether oxygens (including phenoxy) is 1. The van der Waals surface area contributed by atoms with E-state index in [4.69, 9.17) is 10.00 Å². The maximum atomic E-state index is 12.9. The molecule has 0 N–H and O–H groups in total. The number of likely N-dealkylation sites (tertiary alicyclic amines) is 1. The van der Waals surface area contributed by atoms with Crippen LogP contribution in [0, 0.1) is 22.8 Å². The van der Waals surface area contributed by atoms with Crippen molar-refractivity contribution in [2.24, 2.45) is 0 Å². The summed E-state index contributed by atoms with van der Waals surface area (Å²) in [6.45, 7) is 1.44. The van der Waals surface area contributed by atoms with Crippen LogP contribution < -0.4 is 0 Å². The maximum absolute atomic E-state index is 12.9. The number of nitriles is 2. The van der Waals surface area contributed by atoms with Crippen LogP contribution in [0.2, 0.25) is 0 Å². The van der Waals surface area contributed by atoms with Crippen molar-refractivity contribution < 1.29 is 9.53 Å². The highest BCUT2D eigenvalue weighted by atomic mass is 16.5. The summed E-state index contributed by atoms with van der Waals surface area (Å²) in [5.74, 6) is 0.355. The third kappa shape index (κ3) is 2.88. The molecule has 4 heterocycles. The molecule has 4 rings (SSSR count). The van der Waals surface area contributed by atoms with Gasteiger partial charge in [-0.05, 0) is 12.5 Å². The van der Waals surface area contributed by atoms with Crippen LogP contribution in [0.25, 0.3) is 5.82 Å². The van der Waals surface area contributed by atoms with Crippen molar-refractivity contribution in [2.75, 3.05) is 20.3 Å². The smallest absolute Gasteiger partial charge is 0.273 e. The number of amides is 1. The van der Waals surface area contributed by atoms with E-state index in [1.54, 1.807) is 29.2 Å². The van der Waals surface area contributed by atoms with E-state index in [1.807, 2.05) is 12.1 Å². The average Bonchev–Trinajstić information content (AvgIpc) is 3.39. The van der Waals surface area contributed by atoms with E-state index in [0.717, 1.165) is 5.56 Å². The van der Waals surface area contributed by atoms with Gasteiger partial charge in [-0.3, -0.25) is 4.79 Å². The van der Waals surface area contributed by atoms with Gasteiger partial charge in [0.05, 0.1) is 36.6 Å². The van der Waals surface area contributed by atoms with Gasteiger partial charge >= 0.3 is 0 Å². The molecule has 0 radical (unpaired) electrons. The highest BCUT2D eigenvalue weighted by molar-refractivity contribution is 5.96. The summed E-state index contributed by atoms with van der Waals surface area (Å²) in [5.41, 5.74) is 1.69. The van der Waals surface area contributed by atoms with Gasteiger partial charge < -0.3 is 14.5 Å². The monoisotopic (exact) mass is 363 g/mol. The van der Waals surface area contributed by atoms with Crippen molar-refractivity contribution in [1.82, 2.24) is 24.6 Å². The Bertz CT molecular complexity index is 971. The Morgan fingerprint density at radius 3 is 2.93 bits per heavy atom. The van der Waals surface area contributed by atoms with E-state index >= 15 is 0 Å². The maximum Gasteiger partial charge on any atom is 0.273 e. The normalized spacial score (nSPS) is 21.2. The molecule has 0 saturated carbocycles. The summed E-state index contributed by atoms with van der Waals surface area (Å²) in [4.78, 5) is 20.9.